The van der Waals surface area contributed by atoms with Gasteiger partial charge in [-0.25, -0.2) is 4.98 Å². The number of rotatable bonds is 9. The molecule has 0 unspecified atom stereocenters. The van der Waals surface area contributed by atoms with E-state index in [0.717, 1.165) is 23.6 Å². The first-order valence-corrected chi connectivity index (χ1v) is 8.49. The summed E-state index contributed by atoms with van der Waals surface area (Å²) in [6.07, 6.45) is 9.00. The maximum Gasteiger partial charge on any atom is 0.247 e. The molecule has 0 saturated heterocycles. The number of hydrogen-bond donors (Lipinski definition) is 0. The molecule has 2 heterocycles. The number of benzene rings is 1. The Morgan fingerprint density at radius 2 is 1.88 bits per heavy atom. The van der Waals surface area contributed by atoms with E-state index in [4.69, 9.17) is 13.9 Å². The zero-order chi connectivity index (χ0) is 16.8. The van der Waals surface area contributed by atoms with Gasteiger partial charge < -0.3 is 18.5 Å². The molecule has 3 rings (SSSR count). The molecule has 0 fully saturated rings. The van der Waals surface area contributed by atoms with Crippen LogP contribution in [0.4, 0.5) is 0 Å². The van der Waals surface area contributed by atoms with Gasteiger partial charge in [-0.05, 0) is 12.8 Å². The summed E-state index contributed by atoms with van der Waals surface area (Å²) >= 11 is 0. The first-order valence-electron chi connectivity index (χ1n) is 8.49. The summed E-state index contributed by atoms with van der Waals surface area (Å²) in [4.78, 5) is 4.13. The van der Waals surface area contributed by atoms with Crippen molar-refractivity contribution in [2.24, 2.45) is 0 Å². The van der Waals surface area contributed by atoms with Crippen molar-refractivity contribution in [3.8, 4) is 0 Å². The Labute approximate surface area is 142 Å². The van der Waals surface area contributed by atoms with Crippen LogP contribution in [0, 0.1) is 0 Å². The largest absolute Gasteiger partial charge is 0.462 e. The molecule has 0 aliphatic heterocycles. The van der Waals surface area contributed by atoms with Crippen molar-refractivity contribution in [2.75, 3.05) is 13.2 Å². The predicted octanol–water partition coefficient (Wildman–Crippen LogP) is 4.34. The van der Waals surface area contributed by atoms with Gasteiger partial charge in [-0.15, -0.1) is 0 Å². The third kappa shape index (κ3) is 3.37. The SMILES string of the molecule is CCCOC(Cn1ccnc1)(OCCC)c1occ2ccccc12. The third-order valence-corrected chi connectivity index (χ3v) is 3.88. The molecule has 0 bridgehead atoms. The number of fused-ring (bicyclic) bond motifs is 1. The molecule has 0 aliphatic carbocycles. The molecule has 5 nitrogen and oxygen atoms in total. The van der Waals surface area contributed by atoms with Crippen LogP contribution in [0.3, 0.4) is 0 Å². The summed E-state index contributed by atoms with van der Waals surface area (Å²) in [5.74, 6) is -0.246. The van der Waals surface area contributed by atoms with E-state index < -0.39 is 5.79 Å². The molecule has 128 valence electrons. The summed E-state index contributed by atoms with van der Waals surface area (Å²) in [5, 5.41) is 2.06. The molecule has 2 aromatic heterocycles. The van der Waals surface area contributed by atoms with Crippen LogP contribution >= 0.6 is 0 Å². The van der Waals surface area contributed by atoms with Gasteiger partial charge in [0.2, 0.25) is 5.79 Å². The van der Waals surface area contributed by atoms with Crippen LogP contribution in [0.1, 0.15) is 32.4 Å². The fourth-order valence-electron chi connectivity index (χ4n) is 2.78. The first kappa shape index (κ1) is 16.7. The van der Waals surface area contributed by atoms with E-state index in [1.54, 1.807) is 18.8 Å². The van der Waals surface area contributed by atoms with Gasteiger partial charge in [0, 0.05) is 23.2 Å². The summed E-state index contributed by atoms with van der Waals surface area (Å²) in [6.45, 7) is 5.84. The van der Waals surface area contributed by atoms with E-state index in [9.17, 15) is 0 Å². The Bertz CT molecular complexity index is 741. The second-order valence-corrected chi connectivity index (χ2v) is 5.84. The second kappa shape index (κ2) is 7.64. The van der Waals surface area contributed by atoms with E-state index in [-0.39, 0.29) is 0 Å². The van der Waals surface area contributed by atoms with E-state index in [0.29, 0.717) is 25.5 Å². The van der Waals surface area contributed by atoms with Gasteiger partial charge >= 0.3 is 0 Å². The minimum absolute atomic E-state index is 0.491. The highest BCUT2D eigenvalue weighted by molar-refractivity contribution is 5.84. The average Bonchev–Trinajstić information content (AvgIpc) is 3.27. The van der Waals surface area contributed by atoms with Crippen LogP contribution in [0.2, 0.25) is 0 Å². The van der Waals surface area contributed by atoms with Gasteiger partial charge in [0.1, 0.15) is 0 Å². The minimum Gasteiger partial charge on any atom is -0.462 e. The molecule has 24 heavy (non-hydrogen) atoms. The minimum atomic E-state index is -0.962. The first-order chi connectivity index (χ1) is 11.8. The number of imidazole rings is 1. The summed E-state index contributed by atoms with van der Waals surface area (Å²) in [6, 6.07) is 8.08. The molecule has 0 N–H and O–H groups in total. The lowest BCUT2D eigenvalue weighted by molar-refractivity contribution is -0.263. The number of furan rings is 1. The highest BCUT2D eigenvalue weighted by Gasteiger charge is 2.40. The van der Waals surface area contributed by atoms with Crippen LogP contribution in [0.25, 0.3) is 10.8 Å². The van der Waals surface area contributed by atoms with Crippen LogP contribution in [0.5, 0.6) is 0 Å². The molecule has 1 aromatic carbocycles. The molecule has 0 aliphatic rings. The van der Waals surface area contributed by atoms with Crippen molar-refractivity contribution < 1.29 is 13.9 Å². The Kier molecular flexibility index (Phi) is 5.33. The van der Waals surface area contributed by atoms with Gasteiger partial charge in [-0.3, -0.25) is 0 Å². The van der Waals surface area contributed by atoms with Crippen LogP contribution < -0.4 is 0 Å². The normalized spacial score (nSPS) is 12.1. The molecular weight excluding hydrogens is 304 g/mol. The van der Waals surface area contributed by atoms with Crippen molar-refractivity contribution in [2.45, 2.75) is 39.0 Å². The van der Waals surface area contributed by atoms with E-state index in [1.807, 2.05) is 35.0 Å². The molecule has 0 amide bonds. The van der Waals surface area contributed by atoms with Gasteiger partial charge in [0.05, 0.1) is 32.3 Å². The standard InChI is InChI=1S/C19H24N2O3/c1-3-11-23-19(24-12-4-2,14-21-10-9-20-15-21)18-17-8-6-5-7-16(17)13-22-18/h5-10,13,15H,3-4,11-12,14H2,1-2H3. The number of nitrogens with zero attached hydrogens (tertiary/aromatic N) is 2. The summed E-state index contributed by atoms with van der Waals surface area (Å²) in [5.41, 5.74) is 0. The van der Waals surface area contributed by atoms with Crippen LogP contribution in [0.15, 0.2) is 53.7 Å². The fraction of sp³-hybridized carbons (Fsp3) is 0.421. The number of aromatic nitrogens is 2. The lowest BCUT2D eigenvalue weighted by Gasteiger charge is -2.32. The topological polar surface area (TPSA) is 49.4 Å². The maximum atomic E-state index is 6.24. The lowest BCUT2D eigenvalue weighted by atomic mass is 10.1. The number of ether oxygens (including phenoxy) is 2. The molecule has 0 spiro atoms. The third-order valence-electron chi connectivity index (χ3n) is 3.88. The Morgan fingerprint density at radius 3 is 2.54 bits per heavy atom. The van der Waals surface area contributed by atoms with Gasteiger partial charge in [0.25, 0.3) is 0 Å². The molecule has 0 radical (unpaired) electrons. The van der Waals surface area contributed by atoms with Gasteiger partial charge in [-0.2, -0.15) is 0 Å². The van der Waals surface area contributed by atoms with Gasteiger partial charge in [-0.1, -0.05) is 38.1 Å². The quantitative estimate of drug-likeness (QED) is 0.548. The highest BCUT2D eigenvalue weighted by Crippen LogP contribution is 2.36. The van der Waals surface area contributed by atoms with Gasteiger partial charge in [0.15, 0.2) is 5.76 Å². The Morgan fingerprint density at radius 1 is 1.12 bits per heavy atom. The van der Waals surface area contributed by atoms with Crippen molar-refractivity contribution in [1.82, 2.24) is 9.55 Å². The fourth-order valence-corrected chi connectivity index (χ4v) is 2.78. The second-order valence-electron chi connectivity index (χ2n) is 5.84. The Hall–Kier alpha value is -2.11. The lowest BCUT2D eigenvalue weighted by Crippen LogP contribution is -2.38. The van der Waals surface area contributed by atoms with E-state index >= 15 is 0 Å². The van der Waals surface area contributed by atoms with E-state index in [1.165, 1.54) is 0 Å². The maximum absolute atomic E-state index is 6.24. The highest BCUT2D eigenvalue weighted by atomic mass is 16.7. The van der Waals surface area contributed by atoms with Crippen molar-refractivity contribution in [1.29, 1.82) is 0 Å². The zero-order valence-electron chi connectivity index (χ0n) is 14.3. The molecule has 0 saturated carbocycles. The average molecular weight is 328 g/mol. The molecule has 0 atom stereocenters. The van der Waals surface area contributed by atoms with Crippen molar-refractivity contribution in [3.63, 3.8) is 0 Å². The molecular formula is C19H24N2O3. The Balaban J connectivity index is 2.06. The van der Waals surface area contributed by atoms with Crippen molar-refractivity contribution >= 4 is 10.8 Å². The molecule has 3 aromatic rings. The number of hydrogen-bond acceptors (Lipinski definition) is 4. The van der Waals surface area contributed by atoms with Crippen LogP contribution in [-0.4, -0.2) is 22.8 Å². The monoisotopic (exact) mass is 328 g/mol. The van der Waals surface area contributed by atoms with E-state index in [2.05, 4.69) is 18.8 Å². The summed E-state index contributed by atoms with van der Waals surface area (Å²) < 4.78 is 20.4. The predicted molar refractivity (Wildman–Crippen MR) is 92.6 cm³/mol. The smallest absolute Gasteiger partial charge is 0.247 e. The van der Waals surface area contributed by atoms with Crippen molar-refractivity contribution in [3.05, 3.63) is 55.0 Å². The zero-order valence-corrected chi connectivity index (χ0v) is 14.3. The molecule has 5 heteroatoms. The summed E-state index contributed by atoms with van der Waals surface area (Å²) in [7, 11) is 0. The van der Waals surface area contributed by atoms with Crippen LogP contribution in [-0.2, 0) is 21.8 Å².